The van der Waals surface area contributed by atoms with Crippen molar-refractivity contribution in [2.24, 2.45) is 7.05 Å². The Bertz CT molecular complexity index is 1800. The van der Waals surface area contributed by atoms with E-state index < -0.39 is 23.6 Å². The van der Waals surface area contributed by atoms with E-state index in [0.717, 1.165) is 19.3 Å². The minimum atomic E-state index is -0.615. The summed E-state index contributed by atoms with van der Waals surface area (Å²) in [7, 11) is 1.74. The van der Waals surface area contributed by atoms with Crippen LogP contribution in [0.2, 0.25) is 0 Å². The lowest BCUT2D eigenvalue weighted by Gasteiger charge is -2.45. The van der Waals surface area contributed by atoms with Gasteiger partial charge in [-0.2, -0.15) is 5.10 Å². The summed E-state index contributed by atoms with van der Waals surface area (Å²) in [5.41, 5.74) is 0.805. The zero-order chi connectivity index (χ0) is 33.6. The van der Waals surface area contributed by atoms with Crippen LogP contribution < -0.4 is 10.2 Å². The van der Waals surface area contributed by atoms with Gasteiger partial charge in [0.15, 0.2) is 23.5 Å². The van der Waals surface area contributed by atoms with Gasteiger partial charge in [-0.1, -0.05) is 0 Å². The molecule has 0 aliphatic carbocycles. The van der Waals surface area contributed by atoms with Gasteiger partial charge in [-0.25, -0.2) is 23.6 Å². The number of pyridine rings is 1. The van der Waals surface area contributed by atoms with Crippen LogP contribution in [-0.4, -0.2) is 85.5 Å². The molecular weight excluding hydrogens is 607 g/mol. The molecule has 4 aromatic rings. The van der Waals surface area contributed by atoms with Gasteiger partial charge in [-0.3, -0.25) is 9.58 Å². The number of carbonyl (C=O) groups is 2. The summed E-state index contributed by atoms with van der Waals surface area (Å²) >= 11 is 0. The highest BCUT2D eigenvalue weighted by atomic mass is 19.1. The molecule has 2 aliphatic heterocycles. The van der Waals surface area contributed by atoms with E-state index in [1.807, 2.05) is 34.6 Å². The minimum Gasteiger partial charge on any atom is -0.462 e. The summed E-state index contributed by atoms with van der Waals surface area (Å²) in [5, 5.41) is 13.4. The van der Waals surface area contributed by atoms with Gasteiger partial charge < -0.3 is 24.4 Å². The van der Waals surface area contributed by atoms with Crippen LogP contribution in [0.25, 0.3) is 21.9 Å². The Balaban J connectivity index is 1.44. The molecule has 1 aromatic carbocycles. The molecule has 14 heteroatoms. The van der Waals surface area contributed by atoms with Gasteiger partial charge in [0, 0.05) is 44.0 Å². The average molecular weight is 651 g/mol. The lowest BCUT2D eigenvalue weighted by Crippen LogP contribution is -2.59. The number of halogens is 1. The predicted molar refractivity (Wildman–Crippen MR) is 175 cm³/mol. The van der Waals surface area contributed by atoms with Gasteiger partial charge in [0.25, 0.3) is 0 Å². The summed E-state index contributed by atoms with van der Waals surface area (Å²) in [4.78, 5) is 35.6. The standard InChI is InChI=1S/C33H43FN8O5/c1-8-45-31(43)23-15-25(40-16-19(2)41(20(3)17-40)32(44)47-33(4,5)6)36-30-27(23)29(38-42(30)26-11-9-10-12-46-26)35-22-13-21-18-39(7)37-28(21)24(34)14-22/h13-15,18-20,26H,8-12,16-17H2,1-7H3,(H,35,38)/t19-,20-,26?/m0/s1. The number of esters is 1. The molecule has 47 heavy (non-hydrogen) atoms. The van der Waals surface area contributed by atoms with Crippen LogP contribution >= 0.6 is 0 Å². The highest BCUT2D eigenvalue weighted by Gasteiger charge is 2.37. The number of nitrogens with zero attached hydrogens (tertiary/aromatic N) is 7. The van der Waals surface area contributed by atoms with Gasteiger partial charge >= 0.3 is 12.1 Å². The third-order valence-corrected chi connectivity index (χ3v) is 8.36. The quantitative estimate of drug-likeness (QED) is 0.252. The Hall–Kier alpha value is -4.46. The number of rotatable bonds is 6. The molecule has 0 radical (unpaired) electrons. The number of hydrogen-bond acceptors (Lipinski definition) is 10. The van der Waals surface area contributed by atoms with E-state index >= 15 is 4.39 Å². The summed E-state index contributed by atoms with van der Waals surface area (Å²) in [5.74, 6) is -0.134. The lowest BCUT2D eigenvalue weighted by molar-refractivity contribution is -0.0368. The largest absolute Gasteiger partial charge is 0.462 e. The zero-order valence-electron chi connectivity index (χ0n) is 28.0. The van der Waals surface area contributed by atoms with Crippen LogP contribution in [0.3, 0.4) is 0 Å². The highest BCUT2D eigenvalue weighted by molar-refractivity contribution is 6.09. The molecule has 2 fully saturated rings. The maximum atomic E-state index is 15.1. The summed E-state index contributed by atoms with van der Waals surface area (Å²) in [6.45, 7) is 12.9. The molecule has 3 aromatic heterocycles. The monoisotopic (exact) mass is 650 g/mol. The molecule has 1 unspecified atom stereocenters. The number of benzene rings is 1. The molecule has 1 N–H and O–H groups in total. The number of amides is 1. The van der Waals surface area contributed by atoms with Crippen molar-refractivity contribution < 1.29 is 28.2 Å². The Morgan fingerprint density at radius 3 is 2.51 bits per heavy atom. The van der Waals surface area contributed by atoms with Gasteiger partial charge in [-0.05, 0) is 79.0 Å². The van der Waals surface area contributed by atoms with E-state index in [1.165, 1.54) is 6.07 Å². The predicted octanol–water partition coefficient (Wildman–Crippen LogP) is 5.91. The number of nitrogens with one attached hydrogen (secondary N) is 1. The molecule has 2 aliphatic rings. The normalized spacial score (nSPS) is 20.6. The molecule has 13 nitrogen and oxygen atoms in total. The van der Waals surface area contributed by atoms with Gasteiger partial charge in [-0.15, -0.1) is 5.10 Å². The number of hydrogen-bond donors (Lipinski definition) is 1. The van der Waals surface area contributed by atoms with Crippen molar-refractivity contribution in [3.63, 3.8) is 0 Å². The molecule has 0 bridgehead atoms. The number of anilines is 3. The second-order valence-corrected chi connectivity index (χ2v) is 13.4. The van der Waals surface area contributed by atoms with E-state index in [-0.39, 0.29) is 35.9 Å². The number of aryl methyl sites for hydroxylation is 1. The van der Waals surface area contributed by atoms with Crippen LogP contribution in [0.4, 0.5) is 26.5 Å². The first-order valence-corrected chi connectivity index (χ1v) is 16.2. The van der Waals surface area contributed by atoms with Crippen LogP contribution in [-0.2, 0) is 21.3 Å². The average Bonchev–Trinajstić information content (AvgIpc) is 3.56. The van der Waals surface area contributed by atoms with Crippen LogP contribution in [0.15, 0.2) is 24.4 Å². The summed E-state index contributed by atoms with van der Waals surface area (Å²) in [6.07, 6.45) is 3.57. The lowest BCUT2D eigenvalue weighted by atomic mass is 10.1. The molecule has 3 atom stereocenters. The molecule has 1 amide bonds. The van der Waals surface area contributed by atoms with Crippen molar-refractivity contribution in [2.75, 3.05) is 36.5 Å². The molecule has 2 saturated heterocycles. The summed E-state index contributed by atoms with van der Waals surface area (Å²) < 4.78 is 35.7. The Morgan fingerprint density at radius 1 is 1.11 bits per heavy atom. The van der Waals surface area contributed by atoms with E-state index in [4.69, 9.17) is 24.3 Å². The van der Waals surface area contributed by atoms with Crippen molar-refractivity contribution >= 4 is 51.3 Å². The topological polar surface area (TPSA) is 129 Å². The van der Waals surface area contributed by atoms with Crippen molar-refractivity contribution in [1.82, 2.24) is 29.4 Å². The maximum Gasteiger partial charge on any atom is 0.410 e. The fourth-order valence-electron chi connectivity index (χ4n) is 6.46. The van der Waals surface area contributed by atoms with Crippen LogP contribution in [0.1, 0.15) is 77.4 Å². The van der Waals surface area contributed by atoms with Crippen LogP contribution in [0.5, 0.6) is 0 Å². The first-order chi connectivity index (χ1) is 22.3. The Kier molecular flexibility index (Phi) is 8.72. The van der Waals surface area contributed by atoms with Gasteiger partial charge in [0.1, 0.15) is 16.9 Å². The molecule has 252 valence electrons. The van der Waals surface area contributed by atoms with E-state index in [2.05, 4.69) is 15.3 Å². The molecule has 0 spiro atoms. The van der Waals surface area contributed by atoms with Crippen molar-refractivity contribution in [2.45, 2.75) is 84.7 Å². The van der Waals surface area contributed by atoms with E-state index in [1.54, 1.807) is 46.6 Å². The second-order valence-electron chi connectivity index (χ2n) is 13.4. The number of ether oxygens (including phenoxy) is 3. The smallest absolute Gasteiger partial charge is 0.410 e. The van der Waals surface area contributed by atoms with Gasteiger partial charge in [0.05, 0.1) is 29.6 Å². The van der Waals surface area contributed by atoms with Gasteiger partial charge in [0.2, 0.25) is 0 Å². The highest BCUT2D eigenvalue weighted by Crippen LogP contribution is 2.37. The number of carbonyl (C=O) groups excluding carboxylic acids is 2. The van der Waals surface area contributed by atoms with Crippen molar-refractivity contribution in [1.29, 1.82) is 0 Å². The SMILES string of the molecule is CCOC(=O)c1cc(N2C[C@H](C)N(C(=O)OC(C)(C)C)[C@@H](C)C2)nc2c1c(Nc1cc(F)c3nn(C)cc3c1)nn2C1CCCCO1. The molecule has 6 rings (SSSR count). The zero-order valence-corrected chi connectivity index (χ0v) is 28.0. The molecular formula is C33H43FN8O5. The minimum absolute atomic E-state index is 0.173. The fourth-order valence-corrected chi connectivity index (χ4v) is 6.46. The third kappa shape index (κ3) is 6.55. The van der Waals surface area contributed by atoms with E-state index in [9.17, 15) is 9.59 Å². The van der Waals surface area contributed by atoms with E-state index in [0.29, 0.717) is 53.4 Å². The number of fused-ring (bicyclic) bond motifs is 2. The van der Waals surface area contributed by atoms with Crippen LogP contribution in [0, 0.1) is 5.82 Å². The molecule has 5 heterocycles. The fraction of sp³-hybridized carbons (Fsp3) is 0.545. The third-order valence-electron chi connectivity index (χ3n) is 8.36. The first kappa shape index (κ1) is 32.5. The van der Waals surface area contributed by atoms with Crippen molar-refractivity contribution in [3.05, 3.63) is 35.8 Å². The summed E-state index contributed by atoms with van der Waals surface area (Å²) in [6, 6.07) is 4.46. The first-order valence-electron chi connectivity index (χ1n) is 16.2. The Morgan fingerprint density at radius 2 is 1.85 bits per heavy atom. The Labute approximate surface area is 272 Å². The number of aromatic nitrogens is 5. The molecule has 0 saturated carbocycles. The number of piperazine rings is 1. The maximum absolute atomic E-state index is 15.1. The second kappa shape index (κ2) is 12.6. The van der Waals surface area contributed by atoms with Crippen molar-refractivity contribution in [3.8, 4) is 0 Å².